The van der Waals surface area contributed by atoms with Gasteiger partial charge < -0.3 is 9.64 Å². The van der Waals surface area contributed by atoms with E-state index < -0.39 is 5.72 Å². The van der Waals surface area contributed by atoms with Crippen LogP contribution in [0.25, 0.3) is 0 Å². The summed E-state index contributed by atoms with van der Waals surface area (Å²) in [5.41, 5.74) is 0.804. The maximum Gasteiger partial charge on any atom is 0.231 e. The van der Waals surface area contributed by atoms with Crippen molar-refractivity contribution in [3.05, 3.63) is 35.9 Å². The van der Waals surface area contributed by atoms with E-state index >= 15 is 0 Å². The average molecular weight is 333 g/mol. The lowest BCUT2D eigenvalue weighted by Gasteiger charge is -2.49. The van der Waals surface area contributed by atoms with Gasteiger partial charge in [-0.15, -0.1) is 23.5 Å². The molecule has 3 nitrogen and oxygen atoms in total. The van der Waals surface area contributed by atoms with E-state index in [9.17, 15) is 4.79 Å². The van der Waals surface area contributed by atoms with Crippen molar-refractivity contribution >= 4 is 29.4 Å². The molecule has 1 amide bonds. The number of hydrogen-bond donors (Lipinski definition) is 0. The highest BCUT2D eigenvalue weighted by Crippen LogP contribution is 2.70. The number of rotatable bonds is 1. The van der Waals surface area contributed by atoms with Crippen molar-refractivity contribution in [3.63, 3.8) is 0 Å². The molecular weight excluding hydrogens is 314 g/mol. The Morgan fingerprint density at radius 2 is 1.95 bits per heavy atom. The van der Waals surface area contributed by atoms with Crippen molar-refractivity contribution < 1.29 is 9.53 Å². The molecule has 0 unspecified atom stereocenters. The topological polar surface area (TPSA) is 29.5 Å². The molecule has 3 heterocycles. The van der Waals surface area contributed by atoms with E-state index in [1.165, 1.54) is 17.1 Å². The van der Waals surface area contributed by atoms with Crippen LogP contribution in [-0.2, 0) is 9.53 Å². The van der Waals surface area contributed by atoms with Gasteiger partial charge in [-0.3, -0.25) is 4.79 Å². The van der Waals surface area contributed by atoms with E-state index in [4.69, 9.17) is 4.74 Å². The van der Waals surface area contributed by atoms with Gasteiger partial charge in [0.25, 0.3) is 0 Å². The smallest absolute Gasteiger partial charge is 0.231 e. The second-order valence-corrected chi connectivity index (χ2v) is 9.91. The fraction of sp³-hybridized carbons (Fsp3) is 0.588. The summed E-state index contributed by atoms with van der Waals surface area (Å²) in [6.07, 6.45) is 1.12. The summed E-state index contributed by atoms with van der Waals surface area (Å²) in [5, 5.41) is 0. The van der Waals surface area contributed by atoms with Crippen LogP contribution in [0.15, 0.2) is 30.3 Å². The largest absolute Gasteiger partial charge is 0.353 e. The van der Waals surface area contributed by atoms with E-state index in [0.29, 0.717) is 18.4 Å². The van der Waals surface area contributed by atoms with Crippen LogP contribution in [0.3, 0.4) is 0 Å². The van der Waals surface area contributed by atoms with Gasteiger partial charge in [-0.05, 0) is 18.9 Å². The summed E-state index contributed by atoms with van der Waals surface area (Å²) in [7, 11) is 0. The molecule has 0 radical (unpaired) electrons. The Morgan fingerprint density at radius 3 is 2.68 bits per heavy atom. The fourth-order valence-corrected chi connectivity index (χ4v) is 8.43. The van der Waals surface area contributed by atoms with Gasteiger partial charge in [0, 0.05) is 17.4 Å². The minimum absolute atomic E-state index is 0.0813. The molecule has 0 aromatic heterocycles. The van der Waals surface area contributed by atoms with E-state index in [1.807, 2.05) is 41.7 Å². The number of hydrogen-bond acceptors (Lipinski definition) is 4. The zero-order valence-corrected chi connectivity index (χ0v) is 14.2. The second kappa shape index (κ2) is 4.46. The molecular formula is C17H19NO2S2. The van der Waals surface area contributed by atoms with Crippen molar-refractivity contribution in [2.24, 2.45) is 11.8 Å². The van der Waals surface area contributed by atoms with E-state index in [-0.39, 0.29) is 16.0 Å². The van der Waals surface area contributed by atoms with Gasteiger partial charge in [0.2, 0.25) is 5.91 Å². The molecule has 5 heteroatoms. The summed E-state index contributed by atoms with van der Waals surface area (Å²) in [4.78, 5) is 15.3. The van der Waals surface area contributed by atoms with Crippen molar-refractivity contribution in [1.82, 2.24) is 4.90 Å². The lowest BCUT2D eigenvalue weighted by Crippen LogP contribution is -2.53. The van der Waals surface area contributed by atoms with Gasteiger partial charge >= 0.3 is 0 Å². The van der Waals surface area contributed by atoms with Crippen LogP contribution in [0.1, 0.15) is 24.9 Å². The molecule has 22 heavy (non-hydrogen) atoms. The first kappa shape index (κ1) is 13.8. The number of carbonyl (C=O) groups is 1. The van der Waals surface area contributed by atoms with Crippen molar-refractivity contribution in [2.75, 3.05) is 18.1 Å². The normalized spacial score (nSPS) is 41.6. The highest BCUT2D eigenvalue weighted by molar-refractivity contribution is 8.21. The van der Waals surface area contributed by atoms with Gasteiger partial charge in [-0.1, -0.05) is 30.3 Å². The number of nitrogens with zero attached hydrogens (tertiary/aromatic N) is 1. The minimum Gasteiger partial charge on any atom is -0.353 e. The van der Waals surface area contributed by atoms with Gasteiger partial charge in [-0.25, -0.2) is 0 Å². The lowest BCUT2D eigenvalue weighted by atomic mass is 9.70. The monoisotopic (exact) mass is 333 g/mol. The standard InChI is InChI=1S/C17H19NO2S2/c1-16-12-9-17(21-7-8-22-17)14(12)15(19)18(16)13(10-20-16)11-5-3-2-4-6-11/h2-6,12-14H,7-10H2,1H3/t12-,13+,14+,16-/m1/s1. The van der Waals surface area contributed by atoms with Gasteiger partial charge in [0.15, 0.2) is 0 Å². The van der Waals surface area contributed by atoms with Crippen LogP contribution < -0.4 is 0 Å². The predicted octanol–water partition coefficient (Wildman–Crippen LogP) is 3.13. The number of fused-ring (bicyclic) bond motifs is 4. The maximum absolute atomic E-state index is 13.2. The highest BCUT2D eigenvalue weighted by atomic mass is 32.2. The second-order valence-electron chi connectivity index (χ2n) is 6.80. The molecule has 3 saturated heterocycles. The van der Waals surface area contributed by atoms with Gasteiger partial charge in [0.1, 0.15) is 5.72 Å². The summed E-state index contributed by atoms with van der Waals surface area (Å²) < 4.78 is 6.38. The summed E-state index contributed by atoms with van der Waals surface area (Å²) in [6, 6.07) is 10.4. The Labute approximate surface area is 139 Å². The Kier molecular flexibility index (Phi) is 2.79. The molecule has 5 rings (SSSR count). The molecule has 0 N–H and O–H groups in total. The van der Waals surface area contributed by atoms with Crippen LogP contribution in [0.4, 0.5) is 0 Å². The minimum atomic E-state index is -0.392. The molecule has 116 valence electrons. The van der Waals surface area contributed by atoms with Crippen LogP contribution in [-0.4, -0.2) is 38.7 Å². The molecule has 4 atom stereocenters. The van der Waals surface area contributed by atoms with Gasteiger partial charge in [-0.2, -0.15) is 0 Å². The summed E-state index contributed by atoms with van der Waals surface area (Å²) >= 11 is 4.01. The first-order valence-corrected chi connectivity index (χ1v) is 9.93. The molecule has 3 aliphatic heterocycles. The van der Waals surface area contributed by atoms with E-state index in [1.54, 1.807) is 0 Å². The SMILES string of the molecule is C[C@]12OC[C@@H](c3ccccc3)N1C(=O)[C@@H]1[C@H]2CC12SCCS2. The van der Waals surface area contributed by atoms with Crippen molar-refractivity contribution in [2.45, 2.75) is 29.2 Å². The number of ether oxygens (including phenoxy) is 1. The average Bonchev–Trinajstić information content (AvgIpc) is 3.15. The van der Waals surface area contributed by atoms with E-state index in [2.05, 4.69) is 24.0 Å². The molecule has 4 fully saturated rings. The molecule has 1 aliphatic carbocycles. The van der Waals surface area contributed by atoms with E-state index in [0.717, 1.165) is 6.42 Å². The maximum atomic E-state index is 13.2. The summed E-state index contributed by atoms with van der Waals surface area (Å²) in [5.74, 6) is 3.21. The summed E-state index contributed by atoms with van der Waals surface area (Å²) in [6.45, 7) is 2.76. The molecule has 1 aromatic carbocycles. The third-order valence-electron chi connectivity index (χ3n) is 5.86. The Hall–Kier alpha value is -0.650. The molecule has 4 aliphatic rings. The van der Waals surface area contributed by atoms with Crippen LogP contribution >= 0.6 is 23.5 Å². The van der Waals surface area contributed by atoms with Crippen LogP contribution in [0, 0.1) is 11.8 Å². The highest BCUT2D eigenvalue weighted by Gasteiger charge is 2.74. The fourth-order valence-electron chi connectivity index (χ4n) is 4.75. The lowest BCUT2D eigenvalue weighted by molar-refractivity contribution is -0.138. The quantitative estimate of drug-likeness (QED) is 0.790. The first-order valence-electron chi connectivity index (χ1n) is 7.96. The van der Waals surface area contributed by atoms with Crippen molar-refractivity contribution in [1.29, 1.82) is 0 Å². The zero-order chi connectivity index (χ0) is 14.9. The molecule has 1 saturated carbocycles. The van der Waals surface area contributed by atoms with Crippen molar-refractivity contribution in [3.8, 4) is 0 Å². The number of amides is 1. The number of benzene rings is 1. The van der Waals surface area contributed by atoms with Crippen LogP contribution in [0.5, 0.6) is 0 Å². The third-order valence-corrected chi connectivity index (χ3v) is 9.46. The number of carbonyl (C=O) groups excluding carboxylic acids is 1. The Morgan fingerprint density at radius 1 is 1.23 bits per heavy atom. The predicted molar refractivity (Wildman–Crippen MR) is 89.6 cm³/mol. The van der Waals surface area contributed by atoms with Crippen LogP contribution in [0.2, 0.25) is 0 Å². The number of thioether (sulfide) groups is 2. The Bertz CT molecular complexity index is 631. The third kappa shape index (κ3) is 1.53. The van der Waals surface area contributed by atoms with Gasteiger partial charge in [0.05, 0.1) is 22.6 Å². The Balaban J connectivity index is 1.52. The first-order chi connectivity index (χ1) is 10.7. The zero-order valence-electron chi connectivity index (χ0n) is 12.5. The molecule has 0 bridgehead atoms. The molecule has 1 aromatic rings. The molecule has 1 spiro atoms.